The number of fused-ring (bicyclic) bond motifs is 6. The zero-order valence-corrected chi connectivity index (χ0v) is 31.1. The van der Waals surface area contributed by atoms with E-state index in [9.17, 15) is 20.4 Å². The fourth-order valence-corrected chi connectivity index (χ4v) is 12.7. The molecule has 3 heterocycles. The van der Waals surface area contributed by atoms with Crippen molar-refractivity contribution >= 4 is 0 Å². The number of aliphatic hydroxyl groups is 4. The fraction of sp³-hybridized carbons (Fsp3) is 1.00. The lowest BCUT2D eigenvalue weighted by molar-refractivity contribution is -0.314. The van der Waals surface area contributed by atoms with Crippen LogP contribution in [0.3, 0.4) is 0 Å². The lowest BCUT2D eigenvalue weighted by atomic mass is 9.42. The van der Waals surface area contributed by atoms with Gasteiger partial charge in [0.05, 0.1) is 42.2 Å². The minimum absolute atomic E-state index is 0.0345. The Morgan fingerprint density at radius 2 is 1.55 bits per heavy atom. The normalized spacial score (nSPS) is 54.4. The number of ether oxygens (including phenoxy) is 6. The Morgan fingerprint density at radius 3 is 2.27 bits per heavy atom. The molecule has 0 radical (unpaired) electrons. The van der Waals surface area contributed by atoms with Gasteiger partial charge in [-0.15, -0.1) is 0 Å². The first-order valence-electron chi connectivity index (χ1n) is 19.8. The van der Waals surface area contributed by atoms with Gasteiger partial charge < -0.3 is 48.8 Å². The Kier molecular flexibility index (Phi) is 10.2. The molecule has 0 bridgehead atoms. The molecule has 0 spiro atoms. The average Bonchev–Trinajstić information content (AvgIpc) is 3.51. The highest BCUT2D eigenvalue weighted by Crippen LogP contribution is 2.70. The summed E-state index contributed by atoms with van der Waals surface area (Å²) in [4.78, 5) is 0. The van der Waals surface area contributed by atoms with Crippen molar-refractivity contribution in [2.45, 2.75) is 198 Å². The highest BCUT2D eigenvalue weighted by molar-refractivity contribution is 5.20. The molecule has 0 amide bonds. The molecule has 4 saturated carbocycles. The van der Waals surface area contributed by atoms with E-state index in [4.69, 9.17) is 28.4 Å². The zero-order valence-electron chi connectivity index (χ0n) is 31.1. The Bertz CT molecular complexity index is 1160. The van der Waals surface area contributed by atoms with Crippen LogP contribution in [0.2, 0.25) is 0 Å². The summed E-state index contributed by atoms with van der Waals surface area (Å²) in [7, 11) is 0. The maximum atomic E-state index is 12.6. The maximum Gasteiger partial charge on any atom is 0.163 e. The van der Waals surface area contributed by atoms with Crippen molar-refractivity contribution in [1.29, 1.82) is 0 Å². The van der Waals surface area contributed by atoms with Crippen LogP contribution in [0.15, 0.2) is 0 Å². The van der Waals surface area contributed by atoms with Crippen LogP contribution in [0, 0.1) is 40.4 Å². The zero-order chi connectivity index (χ0) is 35.1. The number of rotatable bonds is 8. The van der Waals surface area contributed by atoms with E-state index in [1.165, 1.54) is 0 Å². The van der Waals surface area contributed by atoms with Crippen molar-refractivity contribution in [3.8, 4) is 0 Å². The second kappa shape index (κ2) is 13.5. The standard InChI is InChI=1S/C39H66O10/c1-8-23(13-16-40)26-12-15-39(43)27-10-9-24-17-25(11-14-37(24,6)28(27)18-31(42)38(26,39)7)46-32-19-29(41)34(21(2)44-32)47-33-20-30-35(22(3)45-33)49-36(4,5)48-30/h21-35,40-43H,8-20H2,1-7H3/t21?,22?,23?,24-,25+,26-,27-,28+,29-,30-,31-,32+,33+,34?,35?,37+,38+,39+/m1/s1. The van der Waals surface area contributed by atoms with Gasteiger partial charge in [0.25, 0.3) is 0 Å². The predicted octanol–water partition coefficient (Wildman–Crippen LogP) is 5.06. The molecule has 0 aromatic carbocycles. The summed E-state index contributed by atoms with van der Waals surface area (Å²) in [6.45, 7) is 14.7. The van der Waals surface area contributed by atoms with Gasteiger partial charge in [0, 0.05) is 24.9 Å². The van der Waals surface area contributed by atoms with Gasteiger partial charge in [0.2, 0.25) is 0 Å². The molecule has 7 rings (SSSR count). The third-order valence-electron chi connectivity index (χ3n) is 15.3. The van der Waals surface area contributed by atoms with Crippen LogP contribution < -0.4 is 0 Å². The van der Waals surface area contributed by atoms with Crippen LogP contribution in [0.4, 0.5) is 0 Å². The average molecular weight is 695 g/mol. The van der Waals surface area contributed by atoms with Gasteiger partial charge in [-0.25, -0.2) is 0 Å². The smallest absolute Gasteiger partial charge is 0.163 e. The van der Waals surface area contributed by atoms with E-state index in [2.05, 4.69) is 20.8 Å². The van der Waals surface area contributed by atoms with E-state index in [0.717, 1.165) is 64.2 Å². The van der Waals surface area contributed by atoms with Crippen LogP contribution in [-0.4, -0.2) is 99.8 Å². The van der Waals surface area contributed by atoms with Crippen LogP contribution in [-0.2, 0) is 28.4 Å². The molecular formula is C39H66O10. The molecule has 3 saturated heterocycles. The molecule has 49 heavy (non-hydrogen) atoms. The largest absolute Gasteiger partial charge is 0.396 e. The summed E-state index contributed by atoms with van der Waals surface area (Å²) < 4.78 is 37.6. The molecule has 7 fully saturated rings. The van der Waals surface area contributed by atoms with E-state index < -0.39 is 47.7 Å². The molecule has 7 aliphatic rings. The van der Waals surface area contributed by atoms with Gasteiger partial charge in [-0.3, -0.25) is 0 Å². The first-order chi connectivity index (χ1) is 23.1. The van der Waals surface area contributed by atoms with Crippen LogP contribution in [0.5, 0.6) is 0 Å². The first kappa shape index (κ1) is 36.9. The fourth-order valence-electron chi connectivity index (χ4n) is 12.7. The molecule has 10 heteroatoms. The SMILES string of the molecule is CCC(CCO)[C@H]1CC[C@]2(O)[C@@H]3CC[C@@H]4C[C@@H](O[C@H]5C[C@@H](O)C(O[C@H]6C[C@H]7OC(C)(C)OC7C(C)O6)C(C)O5)CC[C@]4(C)[C@H]3C[C@@H](O)[C@]12C. The summed E-state index contributed by atoms with van der Waals surface area (Å²) >= 11 is 0. The predicted molar refractivity (Wildman–Crippen MR) is 181 cm³/mol. The summed E-state index contributed by atoms with van der Waals surface area (Å²) in [5, 5.41) is 45.6. The lowest BCUT2D eigenvalue weighted by Gasteiger charge is -2.65. The third kappa shape index (κ3) is 6.18. The molecule has 0 aromatic heterocycles. The van der Waals surface area contributed by atoms with E-state index in [1.54, 1.807) is 0 Å². The number of hydrogen-bond acceptors (Lipinski definition) is 10. The molecular weight excluding hydrogens is 628 g/mol. The molecule has 282 valence electrons. The van der Waals surface area contributed by atoms with Crippen LogP contribution in [0.25, 0.3) is 0 Å². The van der Waals surface area contributed by atoms with Crippen molar-refractivity contribution in [3.63, 3.8) is 0 Å². The van der Waals surface area contributed by atoms with E-state index in [0.29, 0.717) is 24.7 Å². The van der Waals surface area contributed by atoms with E-state index in [-0.39, 0.29) is 60.3 Å². The molecule has 4 N–H and O–H groups in total. The van der Waals surface area contributed by atoms with Crippen molar-refractivity contribution in [2.24, 2.45) is 40.4 Å². The maximum absolute atomic E-state index is 12.6. The molecule has 5 unspecified atom stereocenters. The second-order valence-corrected chi connectivity index (χ2v) is 18.1. The topological polar surface area (TPSA) is 136 Å². The van der Waals surface area contributed by atoms with Gasteiger partial charge in [0.1, 0.15) is 12.2 Å². The van der Waals surface area contributed by atoms with Gasteiger partial charge in [-0.05, 0) is 120 Å². The highest BCUT2D eigenvalue weighted by atomic mass is 16.8. The molecule has 0 aromatic rings. The Labute approximate surface area is 293 Å². The van der Waals surface area contributed by atoms with E-state index >= 15 is 0 Å². The Hall–Kier alpha value is -0.400. The lowest BCUT2D eigenvalue weighted by Crippen LogP contribution is -2.67. The first-order valence-corrected chi connectivity index (χ1v) is 19.8. The number of hydrogen-bond donors (Lipinski definition) is 4. The summed E-state index contributed by atoms with van der Waals surface area (Å²) in [5.41, 5.74) is -1.38. The van der Waals surface area contributed by atoms with E-state index in [1.807, 2.05) is 27.7 Å². The van der Waals surface area contributed by atoms with Crippen LogP contribution >= 0.6 is 0 Å². The molecule has 10 nitrogen and oxygen atoms in total. The Morgan fingerprint density at radius 1 is 0.816 bits per heavy atom. The van der Waals surface area contributed by atoms with Crippen molar-refractivity contribution < 1.29 is 48.8 Å². The van der Waals surface area contributed by atoms with Crippen LogP contribution in [0.1, 0.15) is 126 Å². The van der Waals surface area contributed by atoms with Gasteiger partial charge >= 0.3 is 0 Å². The molecule has 4 aliphatic carbocycles. The highest BCUT2D eigenvalue weighted by Gasteiger charge is 2.70. The third-order valence-corrected chi connectivity index (χ3v) is 15.3. The summed E-state index contributed by atoms with van der Waals surface area (Å²) in [5.74, 6) is 0.809. The quantitative estimate of drug-likeness (QED) is 0.255. The minimum Gasteiger partial charge on any atom is -0.396 e. The van der Waals surface area contributed by atoms with Gasteiger partial charge in [-0.1, -0.05) is 27.2 Å². The van der Waals surface area contributed by atoms with Gasteiger partial charge in [0.15, 0.2) is 18.4 Å². The van der Waals surface area contributed by atoms with Crippen molar-refractivity contribution in [3.05, 3.63) is 0 Å². The second-order valence-electron chi connectivity index (χ2n) is 18.1. The summed E-state index contributed by atoms with van der Waals surface area (Å²) in [6.07, 6.45) is 6.25. The minimum atomic E-state index is -0.873. The monoisotopic (exact) mass is 694 g/mol. The molecule has 3 aliphatic heterocycles. The Balaban J connectivity index is 0.953. The van der Waals surface area contributed by atoms with Crippen molar-refractivity contribution in [2.75, 3.05) is 6.61 Å². The van der Waals surface area contributed by atoms with Gasteiger partial charge in [-0.2, -0.15) is 0 Å². The van der Waals surface area contributed by atoms with Crippen molar-refractivity contribution in [1.82, 2.24) is 0 Å². The molecule has 18 atom stereocenters. The number of aliphatic hydroxyl groups excluding tert-OH is 3. The summed E-state index contributed by atoms with van der Waals surface area (Å²) in [6, 6.07) is 0.